The van der Waals surface area contributed by atoms with Gasteiger partial charge in [0.25, 0.3) is 0 Å². The summed E-state index contributed by atoms with van der Waals surface area (Å²) in [4.78, 5) is 12.2. The van der Waals surface area contributed by atoms with Crippen LogP contribution < -0.4 is 0 Å². The van der Waals surface area contributed by atoms with Crippen molar-refractivity contribution in [2.75, 3.05) is 0 Å². The Kier molecular flexibility index (Phi) is 2.91. The minimum atomic E-state index is 0.105. The van der Waals surface area contributed by atoms with E-state index in [2.05, 4.69) is 5.10 Å². The molecule has 1 aromatic carbocycles. The zero-order chi connectivity index (χ0) is 13.2. The second-order valence-electron chi connectivity index (χ2n) is 4.59. The minimum Gasteiger partial charge on any atom is -0.464 e. The summed E-state index contributed by atoms with van der Waals surface area (Å²) in [7, 11) is 1.87. The lowest BCUT2D eigenvalue weighted by atomic mass is 10.0. The quantitative estimate of drug-likeness (QED) is 0.672. The van der Waals surface area contributed by atoms with Crippen LogP contribution in [0.3, 0.4) is 0 Å². The van der Waals surface area contributed by atoms with Crippen LogP contribution >= 0.6 is 0 Å². The first-order valence-electron chi connectivity index (χ1n) is 6.21. The molecule has 0 saturated heterocycles. The number of furan rings is 1. The third-order valence-electron chi connectivity index (χ3n) is 3.18. The van der Waals surface area contributed by atoms with Crippen LogP contribution in [0.1, 0.15) is 22.3 Å². The number of hydrogen-bond acceptors (Lipinski definition) is 3. The van der Waals surface area contributed by atoms with Gasteiger partial charge in [0.05, 0.1) is 11.8 Å². The van der Waals surface area contributed by atoms with E-state index in [0.29, 0.717) is 18.4 Å². The first-order valence-corrected chi connectivity index (χ1v) is 6.21. The van der Waals surface area contributed by atoms with Gasteiger partial charge in [-0.2, -0.15) is 5.10 Å². The van der Waals surface area contributed by atoms with Crippen molar-refractivity contribution in [1.29, 1.82) is 0 Å². The Morgan fingerprint density at radius 3 is 3.00 bits per heavy atom. The van der Waals surface area contributed by atoms with Crippen molar-refractivity contribution in [3.8, 4) is 0 Å². The molecule has 0 aliphatic carbocycles. The zero-order valence-corrected chi connectivity index (χ0v) is 10.7. The van der Waals surface area contributed by atoms with Gasteiger partial charge < -0.3 is 4.42 Å². The number of carbonyl (C=O) groups is 1. The predicted molar refractivity (Wildman–Crippen MR) is 72.1 cm³/mol. The number of ketones is 1. The van der Waals surface area contributed by atoms with E-state index in [1.54, 1.807) is 17.1 Å². The SMILES string of the molecule is Cn1cc(CCC(=O)c2coc3ccccc23)cn1. The van der Waals surface area contributed by atoms with Crippen molar-refractivity contribution in [3.63, 3.8) is 0 Å². The number of benzene rings is 1. The van der Waals surface area contributed by atoms with Crippen molar-refractivity contribution in [3.05, 3.63) is 54.0 Å². The van der Waals surface area contributed by atoms with Crippen LogP contribution in [-0.4, -0.2) is 15.6 Å². The number of nitrogens with zero attached hydrogens (tertiary/aromatic N) is 2. The summed E-state index contributed by atoms with van der Waals surface area (Å²) in [6.07, 6.45) is 6.44. The fourth-order valence-electron chi connectivity index (χ4n) is 2.19. The van der Waals surface area contributed by atoms with Gasteiger partial charge in [0.15, 0.2) is 5.78 Å². The standard InChI is InChI=1S/C15H14N2O2/c1-17-9-11(8-16-17)6-7-14(18)13-10-19-15-5-3-2-4-12(13)15/h2-5,8-10H,6-7H2,1H3. The van der Waals surface area contributed by atoms with Gasteiger partial charge in [-0.05, 0) is 18.1 Å². The van der Waals surface area contributed by atoms with Gasteiger partial charge >= 0.3 is 0 Å². The van der Waals surface area contributed by atoms with Crippen molar-refractivity contribution in [2.24, 2.45) is 7.05 Å². The second-order valence-corrected chi connectivity index (χ2v) is 4.59. The molecule has 0 saturated carbocycles. The molecule has 0 fully saturated rings. The van der Waals surface area contributed by atoms with Gasteiger partial charge in [0.1, 0.15) is 11.8 Å². The number of carbonyl (C=O) groups excluding carboxylic acids is 1. The van der Waals surface area contributed by atoms with Crippen molar-refractivity contribution in [1.82, 2.24) is 9.78 Å². The Labute approximate surface area is 110 Å². The third kappa shape index (κ3) is 2.29. The van der Waals surface area contributed by atoms with Crippen molar-refractivity contribution >= 4 is 16.8 Å². The predicted octanol–water partition coefficient (Wildman–Crippen LogP) is 2.98. The number of hydrogen-bond donors (Lipinski definition) is 0. The van der Waals surface area contributed by atoms with E-state index < -0.39 is 0 Å². The highest BCUT2D eigenvalue weighted by atomic mass is 16.3. The van der Waals surface area contributed by atoms with Crippen LogP contribution in [0, 0.1) is 0 Å². The maximum atomic E-state index is 12.2. The molecule has 96 valence electrons. The number of Topliss-reactive ketones (excluding diaryl/α,β-unsaturated/α-hetero) is 1. The third-order valence-corrected chi connectivity index (χ3v) is 3.18. The molecular formula is C15H14N2O2. The van der Waals surface area contributed by atoms with Crippen molar-refractivity contribution in [2.45, 2.75) is 12.8 Å². The highest BCUT2D eigenvalue weighted by molar-refractivity contribution is 6.07. The fourth-order valence-corrected chi connectivity index (χ4v) is 2.19. The molecule has 0 N–H and O–H groups in total. The van der Waals surface area contributed by atoms with E-state index in [9.17, 15) is 4.79 Å². The monoisotopic (exact) mass is 254 g/mol. The van der Waals surface area contributed by atoms with E-state index in [-0.39, 0.29) is 5.78 Å². The topological polar surface area (TPSA) is 48.0 Å². The Morgan fingerprint density at radius 1 is 1.37 bits per heavy atom. The minimum absolute atomic E-state index is 0.105. The summed E-state index contributed by atoms with van der Waals surface area (Å²) < 4.78 is 7.13. The molecule has 0 amide bonds. The van der Waals surface area contributed by atoms with Crippen LogP contribution in [0.4, 0.5) is 0 Å². The number of aromatic nitrogens is 2. The molecule has 2 heterocycles. The molecule has 0 atom stereocenters. The lowest BCUT2D eigenvalue weighted by molar-refractivity contribution is 0.0983. The van der Waals surface area contributed by atoms with E-state index in [4.69, 9.17) is 4.42 Å². The summed E-state index contributed by atoms with van der Waals surface area (Å²) in [6, 6.07) is 7.59. The first-order chi connectivity index (χ1) is 9.24. The van der Waals surface area contributed by atoms with Gasteiger partial charge in [-0.25, -0.2) is 0 Å². The molecular weight excluding hydrogens is 240 g/mol. The lowest BCUT2D eigenvalue weighted by Gasteiger charge is -1.97. The zero-order valence-electron chi connectivity index (χ0n) is 10.7. The highest BCUT2D eigenvalue weighted by Crippen LogP contribution is 2.22. The van der Waals surface area contributed by atoms with Gasteiger partial charge in [-0.15, -0.1) is 0 Å². The second kappa shape index (κ2) is 4.72. The summed E-state index contributed by atoms with van der Waals surface area (Å²) in [5.41, 5.74) is 2.50. The molecule has 0 radical (unpaired) electrons. The van der Waals surface area contributed by atoms with Crippen LogP contribution in [0.2, 0.25) is 0 Å². The smallest absolute Gasteiger partial charge is 0.167 e. The molecule has 0 unspecified atom stereocenters. The summed E-state index contributed by atoms with van der Waals surface area (Å²) in [5.74, 6) is 0.105. The normalized spacial score (nSPS) is 11.0. The summed E-state index contributed by atoms with van der Waals surface area (Å²) in [6.45, 7) is 0. The Bertz CT molecular complexity index is 724. The van der Waals surface area contributed by atoms with Gasteiger partial charge in [0, 0.05) is 25.1 Å². The molecule has 0 bridgehead atoms. The maximum absolute atomic E-state index is 12.2. The van der Waals surface area contributed by atoms with E-state index in [0.717, 1.165) is 16.5 Å². The molecule has 0 aliphatic rings. The fraction of sp³-hybridized carbons (Fsp3) is 0.200. The Hall–Kier alpha value is -2.36. The molecule has 0 spiro atoms. The average Bonchev–Trinajstić information content (AvgIpc) is 3.02. The van der Waals surface area contributed by atoms with Crippen molar-refractivity contribution < 1.29 is 9.21 Å². The summed E-state index contributed by atoms with van der Waals surface area (Å²) in [5, 5.41) is 4.98. The molecule has 4 nitrogen and oxygen atoms in total. The Balaban J connectivity index is 1.77. The number of para-hydroxylation sites is 1. The van der Waals surface area contributed by atoms with Gasteiger partial charge in [-0.3, -0.25) is 9.48 Å². The van der Waals surface area contributed by atoms with Crippen LogP contribution in [0.25, 0.3) is 11.0 Å². The van der Waals surface area contributed by atoms with Crippen LogP contribution in [0.15, 0.2) is 47.3 Å². The largest absolute Gasteiger partial charge is 0.464 e. The molecule has 2 aromatic heterocycles. The van der Waals surface area contributed by atoms with E-state index >= 15 is 0 Å². The van der Waals surface area contributed by atoms with Crippen LogP contribution in [-0.2, 0) is 13.5 Å². The maximum Gasteiger partial charge on any atom is 0.167 e. The number of aryl methyl sites for hydroxylation is 2. The molecule has 19 heavy (non-hydrogen) atoms. The number of fused-ring (bicyclic) bond motifs is 1. The highest BCUT2D eigenvalue weighted by Gasteiger charge is 2.13. The Morgan fingerprint density at radius 2 is 2.21 bits per heavy atom. The number of rotatable bonds is 4. The van der Waals surface area contributed by atoms with Crippen LogP contribution in [0.5, 0.6) is 0 Å². The summed E-state index contributed by atoms with van der Waals surface area (Å²) >= 11 is 0. The van der Waals surface area contributed by atoms with Gasteiger partial charge in [-0.1, -0.05) is 18.2 Å². The van der Waals surface area contributed by atoms with E-state index in [1.807, 2.05) is 37.5 Å². The van der Waals surface area contributed by atoms with E-state index in [1.165, 1.54) is 0 Å². The molecule has 3 rings (SSSR count). The lowest BCUT2D eigenvalue weighted by Crippen LogP contribution is -1.99. The van der Waals surface area contributed by atoms with Gasteiger partial charge in [0.2, 0.25) is 0 Å². The molecule has 4 heteroatoms. The first kappa shape index (κ1) is 11.7. The molecule has 0 aliphatic heterocycles. The molecule has 3 aromatic rings. The average molecular weight is 254 g/mol.